The molecular formula is C21H29N3O4S. The van der Waals surface area contributed by atoms with Crippen LogP contribution >= 0.6 is 0 Å². The van der Waals surface area contributed by atoms with Crippen LogP contribution in [0, 0.1) is 0 Å². The lowest BCUT2D eigenvalue weighted by molar-refractivity contribution is 0.212. The number of nitrogens with one attached hydrogen (secondary N) is 1. The van der Waals surface area contributed by atoms with E-state index in [1.54, 1.807) is 54.8 Å². The van der Waals surface area contributed by atoms with E-state index in [0.29, 0.717) is 18.8 Å². The summed E-state index contributed by atoms with van der Waals surface area (Å²) in [7, 11) is -2.07. The normalized spacial score (nSPS) is 15.4. The predicted octanol–water partition coefficient (Wildman–Crippen LogP) is 4.29. The molecule has 1 aromatic carbocycles. The molecule has 0 aliphatic heterocycles. The summed E-state index contributed by atoms with van der Waals surface area (Å²) in [6.45, 7) is 2.74. The molecule has 1 saturated carbocycles. The first-order valence-electron chi connectivity index (χ1n) is 10.1. The molecule has 0 saturated heterocycles. The highest BCUT2D eigenvalue weighted by molar-refractivity contribution is 7.89. The van der Waals surface area contributed by atoms with E-state index in [1.807, 2.05) is 6.92 Å². The molecule has 1 aliphatic carbocycles. The van der Waals surface area contributed by atoms with Gasteiger partial charge in [0.05, 0.1) is 24.8 Å². The molecule has 0 radical (unpaired) electrons. The zero-order valence-corrected chi connectivity index (χ0v) is 17.8. The molecule has 0 spiro atoms. The zero-order valence-electron chi connectivity index (χ0n) is 17.0. The number of rotatable bonds is 7. The summed E-state index contributed by atoms with van der Waals surface area (Å²) in [5, 5.41) is 2.79. The fourth-order valence-corrected chi connectivity index (χ4v) is 5.28. The Hall–Kier alpha value is -2.32. The molecule has 2 amide bonds. The third kappa shape index (κ3) is 5.00. The number of amides is 2. The summed E-state index contributed by atoms with van der Waals surface area (Å²) < 4.78 is 33.1. The van der Waals surface area contributed by atoms with Crippen molar-refractivity contribution in [3.8, 4) is 0 Å². The van der Waals surface area contributed by atoms with Gasteiger partial charge in [-0.2, -0.15) is 4.31 Å². The number of carbonyl (C=O) groups excluding carboxylic acids is 1. The van der Waals surface area contributed by atoms with Crippen LogP contribution in [0.25, 0.3) is 0 Å². The largest absolute Gasteiger partial charge is 0.472 e. The maximum absolute atomic E-state index is 13.3. The van der Waals surface area contributed by atoms with Crippen molar-refractivity contribution in [1.82, 2.24) is 9.21 Å². The molecule has 1 N–H and O–H groups in total. The third-order valence-electron chi connectivity index (χ3n) is 5.50. The van der Waals surface area contributed by atoms with Gasteiger partial charge >= 0.3 is 6.03 Å². The lowest BCUT2D eigenvalue weighted by atomic mass is 9.96. The van der Waals surface area contributed by atoms with Crippen molar-refractivity contribution in [2.75, 3.05) is 18.9 Å². The number of urea groups is 1. The maximum atomic E-state index is 13.3. The summed E-state index contributed by atoms with van der Waals surface area (Å²) in [6.07, 6.45) is 8.14. The van der Waals surface area contributed by atoms with Crippen LogP contribution in [0.5, 0.6) is 0 Å². The Morgan fingerprint density at radius 3 is 2.55 bits per heavy atom. The van der Waals surface area contributed by atoms with Gasteiger partial charge in [0.15, 0.2) is 0 Å². The number of benzene rings is 1. The molecule has 2 aromatic rings. The number of sulfonamides is 1. The summed E-state index contributed by atoms with van der Waals surface area (Å²) in [5.74, 6) is 0. The van der Waals surface area contributed by atoms with Crippen LogP contribution in [0.4, 0.5) is 10.5 Å². The minimum absolute atomic E-state index is 0.00531. The number of hydrogen-bond acceptors (Lipinski definition) is 4. The van der Waals surface area contributed by atoms with Gasteiger partial charge in [-0.15, -0.1) is 0 Å². The van der Waals surface area contributed by atoms with Crippen LogP contribution < -0.4 is 5.32 Å². The number of nitrogens with zero attached hydrogens (tertiary/aromatic N) is 2. The quantitative estimate of drug-likeness (QED) is 0.726. The van der Waals surface area contributed by atoms with Crippen molar-refractivity contribution in [3.63, 3.8) is 0 Å². The van der Waals surface area contributed by atoms with Gasteiger partial charge in [-0.25, -0.2) is 13.2 Å². The van der Waals surface area contributed by atoms with Gasteiger partial charge in [0.2, 0.25) is 10.0 Å². The smallest absolute Gasteiger partial charge is 0.322 e. The molecule has 1 aromatic heterocycles. The summed E-state index contributed by atoms with van der Waals surface area (Å²) >= 11 is 0. The zero-order chi connectivity index (χ0) is 20.9. The van der Waals surface area contributed by atoms with E-state index in [1.165, 1.54) is 4.31 Å². The second kappa shape index (κ2) is 9.45. The molecule has 1 aliphatic rings. The number of furan rings is 1. The number of hydrogen-bond donors (Lipinski definition) is 1. The standard InChI is InChI=1S/C21H29N3O4S/c1-3-24(15-17-13-14-28-16-17)21(25)22-19-11-7-8-12-20(19)29(26,27)23(2)18-9-5-4-6-10-18/h7-8,11-14,16,18H,3-6,9-10,15H2,1-2H3,(H,22,25). The topological polar surface area (TPSA) is 82.9 Å². The van der Waals surface area contributed by atoms with Crippen molar-refractivity contribution in [2.45, 2.75) is 56.5 Å². The van der Waals surface area contributed by atoms with Gasteiger partial charge in [0, 0.05) is 25.2 Å². The van der Waals surface area contributed by atoms with E-state index in [4.69, 9.17) is 4.42 Å². The Labute approximate surface area is 172 Å². The average molecular weight is 420 g/mol. The van der Waals surface area contributed by atoms with E-state index in [-0.39, 0.29) is 17.0 Å². The fraction of sp³-hybridized carbons (Fsp3) is 0.476. The van der Waals surface area contributed by atoms with Crippen molar-refractivity contribution in [1.29, 1.82) is 0 Å². The third-order valence-corrected chi connectivity index (χ3v) is 7.47. The molecular weight excluding hydrogens is 390 g/mol. The second-order valence-electron chi connectivity index (χ2n) is 7.39. The highest BCUT2D eigenvalue weighted by Crippen LogP contribution is 2.30. The fourth-order valence-electron chi connectivity index (χ4n) is 3.72. The van der Waals surface area contributed by atoms with E-state index >= 15 is 0 Å². The van der Waals surface area contributed by atoms with Gasteiger partial charge in [0.25, 0.3) is 0 Å². The van der Waals surface area contributed by atoms with Gasteiger partial charge < -0.3 is 14.6 Å². The van der Waals surface area contributed by atoms with E-state index in [2.05, 4.69) is 5.32 Å². The van der Waals surface area contributed by atoms with Crippen molar-refractivity contribution in [3.05, 3.63) is 48.4 Å². The van der Waals surface area contributed by atoms with E-state index < -0.39 is 10.0 Å². The average Bonchev–Trinajstić information content (AvgIpc) is 3.25. The summed E-state index contributed by atoms with van der Waals surface area (Å²) in [4.78, 5) is 14.5. The molecule has 7 nitrogen and oxygen atoms in total. The molecule has 0 unspecified atom stereocenters. The van der Waals surface area contributed by atoms with Crippen LogP contribution in [0.15, 0.2) is 52.2 Å². The molecule has 29 heavy (non-hydrogen) atoms. The Morgan fingerprint density at radius 1 is 1.17 bits per heavy atom. The first-order chi connectivity index (χ1) is 13.9. The highest BCUT2D eigenvalue weighted by atomic mass is 32.2. The molecule has 1 fully saturated rings. The van der Waals surface area contributed by atoms with Gasteiger partial charge in [-0.05, 0) is 38.0 Å². The number of carbonyl (C=O) groups is 1. The number of para-hydroxylation sites is 1. The van der Waals surface area contributed by atoms with E-state index in [9.17, 15) is 13.2 Å². The first kappa shape index (κ1) is 21.4. The molecule has 158 valence electrons. The molecule has 1 heterocycles. The Bertz CT molecular complexity index is 906. The lowest BCUT2D eigenvalue weighted by Gasteiger charge is -2.31. The van der Waals surface area contributed by atoms with Crippen LogP contribution in [-0.4, -0.2) is 43.3 Å². The highest BCUT2D eigenvalue weighted by Gasteiger charge is 2.31. The van der Waals surface area contributed by atoms with Gasteiger partial charge in [-0.1, -0.05) is 31.4 Å². The molecule has 3 rings (SSSR count). The monoisotopic (exact) mass is 419 g/mol. The van der Waals surface area contributed by atoms with Crippen molar-refractivity contribution >= 4 is 21.7 Å². The van der Waals surface area contributed by atoms with Crippen molar-refractivity contribution in [2.24, 2.45) is 0 Å². The predicted molar refractivity (Wildman–Crippen MR) is 112 cm³/mol. The minimum Gasteiger partial charge on any atom is -0.472 e. The maximum Gasteiger partial charge on any atom is 0.322 e. The van der Waals surface area contributed by atoms with Crippen LogP contribution in [0.2, 0.25) is 0 Å². The Kier molecular flexibility index (Phi) is 6.97. The Morgan fingerprint density at radius 2 is 1.90 bits per heavy atom. The Balaban J connectivity index is 1.79. The molecule has 0 atom stereocenters. The van der Waals surface area contributed by atoms with Crippen LogP contribution in [-0.2, 0) is 16.6 Å². The van der Waals surface area contributed by atoms with Crippen molar-refractivity contribution < 1.29 is 17.6 Å². The van der Waals surface area contributed by atoms with Crippen LogP contribution in [0.3, 0.4) is 0 Å². The molecule has 8 heteroatoms. The summed E-state index contributed by atoms with van der Waals surface area (Å²) in [5.41, 5.74) is 1.17. The first-order valence-corrected chi connectivity index (χ1v) is 11.5. The SMILES string of the molecule is CCN(Cc1ccoc1)C(=O)Nc1ccccc1S(=O)(=O)N(C)C1CCCCC1. The number of anilines is 1. The lowest BCUT2D eigenvalue weighted by Crippen LogP contribution is -2.39. The van der Waals surface area contributed by atoms with Gasteiger partial charge in [-0.3, -0.25) is 0 Å². The van der Waals surface area contributed by atoms with Crippen LogP contribution in [0.1, 0.15) is 44.6 Å². The second-order valence-corrected chi connectivity index (χ2v) is 9.35. The van der Waals surface area contributed by atoms with E-state index in [0.717, 1.165) is 37.7 Å². The minimum atomic E-state index is -3.71. The van der Waals surface area contributed by atoms with Gasteiger partial charge in [0.1, 0.15) is 4.90 Å². The summed E-state index contributed by atoms with van der Waals surface area (Å²) in [6, 6.07) is 8.04. The molecule has 0 bridgehead atoms.